The summed E-state index contributed by atoms with van der Waals surface area (Å²) < 4.78 is 10.5. The fraction of sp³-hybridized carbons (Fsp3) is 0.375. The van der Waals surface area contributed by atoms with E-state index in [-0.39, 0.29) is 23.6 Å². The van der Waals surface area contributed by atoms with Crippen molar-refractivity contribution in [3.8, 4) is 11.5 Å². The number of aromatic nitrogens is 1. The molecule has 10 nitrogen and oxygen atoms in total. The smallest absolute Gasteiger partial charge is 0.330 e. The minimum atomic E-state index is -1.21. The summed E-state index contributed by atoms with van der Waals surface area (Å²) in [4.78, 5) is 44.8. The molecule has 0 radical (unpaired) electrons. The number of hydrogen-bond donors (Lipinski definition) is 3. The summed E-state index contributed by atoms with van der Waals surface area (Å²) in [6.45, 7) is 2.73. The first-order valence-corrected chi connectivity index (χ1v) is 14.1. The number of anilines is 1. The highest BCUT2D eigenvalue weighted by atomic mass is 16.5. The zero-order valence-electron chi connectivity index (χ0n) is 24.0. The lowest BCUT2D eigenvalue weighted by molar-refractivity contribution is -0.139. The van der Waals surface area contributed by atoms with Gasteiger partial charge in [0, 0.05) is 36.0 Å². The van der Waals surface area contributed by atoms with Crippen molar-refractivity contribution >= 4 is 23.6 Å². The molecular weight excluding hydrogens is 536 g/mol. The number of carbonyl (C=O) groups is 3. The lowest BCUT2D eigenvalue weighted by Gasteiger charge is -2.38. The molecule has 42 heavy (non-hydrogen) atoms. The van der Waals surface area contributed by atoms with E-state index >= 15 is 0 Å². The van der Waals surface area contributed by atoms with Gasteiger partial charge in [0.1, 0.15) is 17.3 Å². The van der Waals surface area contributed by atoms with Crippen LogP contribution in [0.15, 0.2) is 60.8 Å². The number of methoxy groups -OCH3 is 2. The SMILES string of the molecule is COc1ccc([C@H](NC(=O)c2ccc(N3CCCC4CC(NC(=O)c5cccc(OC)c5C)CC43)nc2)C(=O)O)cc1. The molecule has 4 atom stereocenters. The highest BCUT2D eigenvalue weighted by molar-refractivity contribution is 5.97. The lowest BCUT2D eigenvalue weighted by atomic mass is 9.92. The Bertz CT molecular complexity index is 1440. The predicted octanol–water partition coefficient (Wildman–Crippen LogP) is 4.14. The third-order valence-electron chi connectivity index (χ3n) is 8.39. The first-order valence-electron chi connectivity index (χ1n) is 14.1. The van der Waals surface area contributed by atoms with Crippen LogP contribution in [0.3, 0.4) is 0 Å². The molecule has 1 saturated carbocycles. The summed E-state index contributed by atoms with van der Waals surface area (Å²) in [6, 6.07) is 14.6. The Morgan fingerprint density at radius 2 is 1.79 bits per heavy atom. The van der Waals surface area contributed by atoms with Gasteiger partial charge in [0.15, 0.2) is 6.04 Å². The van der Waals surface area contributed by atoms with E-state index < -0.39 is 17.9 Å². The van der Waals surface area contributed by atoms with Crippen LogP contribution in [0.2, 0.25) is 0 Å². The molecule has 0 bridgehead atoms. The maximum absolute atomic E-state index is 13.1. The third kappa shape index (κ3) is 6.02. The molecule has 2 amide bonds. The minimum absolute atomic E-state index is 0.0506. The molecule has 2 heterocycles. The van der Waals surface area contributed by atoms with Gasteiger partial charge < -0.3 is 30.1 Å². The molecule has 3 N–H and O–H groups in total. The quantitative estimate of drug-likeness (QED) is 0.349. The van der Waals surface area contributed by atoms with E-state index in [1.807, 2.05) is 31.2 Å². The first-order chi connectivity index (χ1) is 20.3. The van der Waals surface area contributed by atoms with Gasteiger partial charge in [-0.05, 0) is 80.5 Å². The fourth-order valence-corrected chi connectivity index (χ4v) is 6.22. The molecule has 1 saturated heterocycles. The number of pyridine rings is 1. The monoisotopic (exact) mass is 572 g/mol. The second kappa shape index (κ2) is 12.5. The topological polar surface area (TPSA) is 130 Å². The van der Waals surface area contributed by atoms with Crippen molar-refractivity contribution in [3.63, 3.8) is 0 Å². The normalized spacial score (nSPS) is 20.3. The van der Waals surface area contributed by atoms with Crippen LogP contribution in [-0.2, 0) is 4.79 Å². The van der Waals surface area contributed by atoms with E-state index in [4.69, 9.17) is 9.47 Å². The molecule has 3 unspecified atom stereocenters. The predicted molar refractivity (Wildman–Crippen MR) is 157 cm³/mol. The van der Waals surface area contributed by atoms with Crippen molar-refractivity contribution in [1.29, 1.82) is 0 Å². The zero-order valence-corrected chi connectivity index (χ0v) is 24.0. The second-order valence-corrected chi connectivity index (χ2v) is 10.9. The van der Waals surface area contributed by atoms with Crippen LogP contribution in [0.5, 0.6) is 11.5 Å². The van der Waals surface area contributed by atoms with Crippen LogP contribution >= 0.6 is 0 Å². The molecule has 5 rings (SSSR count). The number of nitrogens with zero attached hydrogens (tertiary/aromatic N) is 2. The first kappa shape index (κ1) is 28.9. The summed E-state index contributed by atoms with van der Waals surface area (Å²) in [5.41, 5.74) is 2.15. The van der Waals surface area contributed by atoms with Gasteiger partial charge in [-0.15, -0.1) is 0 Å². The van der Waals surface area contributed by atoms with Gasteiger partial charge in [-0.25, -0.2) is 9.78 Å². The summed E-state index contributed by atoms with van der Waals surface area (Å²) >= 11 is 0. The zero-order chi connectivity index (χ0) is 29.8. The van der Waals surface area contributed by atoms with Gasteiger partial charge in [0.25, 0.3) is 11.8 Å². The van der Waals surface area contributed by atoms with Gasteiger partial charge in [-0.1, -0.05) is 18.2 Å². The summed E-state index contributed by atoms with van der Waals surface area (Å²) in [5, 5.41) is 15.6. The number of fused-ring (bicyclic) bond motifs is 1. The molecule has 10 heteroatoms. The van der Waals surface area contributed by atoms with Crippen molar-refractivity contribution in [2.24, 2.45) is 5.92 Å². The molecular formula is C32H36N4O6. The Kier molecular flexibility index (Phi) is 8.61. The highest BCUT2D eigenvalue weighted by Gasteiger charge is 2.41. The lowest BCUT2D eigenvalue weighted by Crippen LogP contribution is -2.43. The van der Waals surface area contributed by atoms with Crippen molar-refractivity contribution in [3.05, 3.63) is 83.0 Å². The van der Waals surface area contributed by atoms with Crippen molar-refractivity contribution < 1.29 is 29.0 Å². The van der Waals surface area contributed by atoms with Gasteiger partial charge in [0.05, 0.1) is 19.8 Å². The Hall–Kier alpha value is -4.60. The van der Waals surface area contributed by atoms with E-state index in [1.165, 1.54) is 13.3 Å². The average Bonchev–Trinajstić information content (AvgIpc) is 3.42. The maximum Gasteiger partial charge on any atom is 0.330 e. The van der Waals surface area contributed by atoms with E-state index in [1.54, 1.807) is 37.4 Å². The number of benzene rings is 2. The number of carboxylic acid groups (broad SMARTS) is 1. The van der Waals surface area contributed by atoms with Crippen LogP contribution < -0.4 is 25.0 Å². The molecule has 2 aliphatic rings. The number of rotatable bonds is 9. The van der Waals surface area contributed by atoms with E-state index in [2.05, 4.69) is 20.5 Å². The van der Waals surface area contributed by atoms with Gasteiger partial charge in [0.2, 0.25) is 0 Å². The van der Waals surface area contributed by atoms with E-state index in [9.17, 15) is 19.5 Å². The van der Waals surface area contributed by atoms with Crippen LogP contribution in [0, 0.1) is 12.8 Å². The molecule has 2 fully saturated rings. The molecule has 3 aromatic rings. The fourth-order valence-electron chi connectivity index (χ4n) is 6.22. The van der Waals surface area contributed by atoms with Gasteiger partial charge in [-0.3, -0.25) is 9.59 Å². The third-order valence-corrected chi connectivity index (χ3v) is 8.39. The molecule has 220 valence electrons. The van der Waals surface area contributed by atoms with Crippen molar-refractivity contribution in [1.82, 2.24) is 15.6 Å². The Morgan fingerprint density at radius 1 is 1.00 bits per heavy atom. The van der Waals surface area contributed by atoms with Crippen LogP contribution in [0.25, 0.3) is 0 Å². The van der Waals surface area contributed by atoms with Crippen LogP contribution in [0.4, 0.5) is 5.82 Å². The number of nitrogens with one attached hydrogen (secondary N) is 2. The summed E-state index contributed by atoms with van der Waals surface area (Å²) in [6.07, 6.45) is 5.31. The molecule has 2 aromatic carbocycles. The highest BCUT2D eigenvalue weighted by Crippen LogP contribution is 2.39. The second-order valence-electron chi connectivity index (χ2n) is 10.9. The number of ether oxygens (including phenoxy) is 2. The summed E-state index contributed by atoms with van der Waals surface area (Å²) in [7, 11) is 3.13. The number of piperidine rings is 1. The maximum atomic E-state index is 13.1. The van der Waals surface area contributed by atoms with Crippen LogP contribution in [-0.4, -0.2) is 60.7 Å². The Labute approximate surface area is 245 Å². The molecule has 1 aliphatic carbocycles. The molecule has 1 aliphatic heterocycles. The Morgan fingerprint density at radius 3 is 2.45 bits per heavy atom. The summed E-state index contributed by atoms with van der Waals surface area (Å²) in [5.74, 6) is 0.702. The number of carboxylic acids is 1. The number of hydrogen-bond acceptors (Lipinski definition) is 7. The van der Waals surface area contributed by atoms with Crippen molar-refractivity contribution in [2.75, 3.05) is 25.7 Å². The van der Waals surface area contributed by atoms with E-state index in [0.717, 1.165) is 43.6 Å². The molecule has 0 spiro atoms. The standard InChI is InChI=1S/C32H36N4O6/c1-19-25(7-4-8-27(19)42-3)31(38)34-23-16-21-6-5-15-36(26(21)17-23)28-14-11-22(18-33-28)30(37)35-29(32(39)40)20-9-12-24(41-2)13-10-20/h4,7-14,18,21,23,26,29H,5-6,15-17H2,1-3H3,(H,34,38)(H,35,37)(H,39,40)/t21?,23?,26?,29-/m0/s1. The number of amides is 2. The number of carbonyl (C=O) groups excluding carboxylic acids is 2. The van der Waals surface area contributed by atoms with E-state index in [0.29, 0.717) is 28.5 Å². The molecule has 1 aromatic heterocycles. The minimum Gasteiger partial charge on any atom is -0.497 e. The van der Waals surface area contributed by atoms with Crippen LogP contribution in [0.1, 0.15) is 63.6 Å². The van der Waals surface area contributed by atoms with Gasteiger partial charge in [-0.2, -0.15) is 0 Å². The van der Waals surface area contributed by atoms with Crippen molar-refractivity contribution in [2.45, 2.75) is 50.7 Å². The number of aliphatic carboxylic acids is 1. The van der Waals surface area contributed by atoms with Gasteiger partial charge >= 0.3 is 5.97 Å². The average molecular weight is 573 g/mol. The largest absolute Gasteiger partial charge is 0.497 e. The Balaban J connectivity index is 1.24.